The van der Waals surface area contributed by atoms with Crippen molar-refractivity contribution in [1.82, 2.24) is 9.97 Å². The minimum atomic E-state index is -0.0513. The molecule has 0 atom stereocenters. The summed E-state index contributed by atoms with van der Waals surface area (Å²) in [6.07, 6.45) is 5.32. The van der Waals surface area contributed by atoms with Gasteiger partial charge in [0.1, 0.15) is 5.75 Å². The van der Waals surface area contributed by atoms with E-state index < -0.39 is 0 Å². The van der Waals surface area contributed by atoms with Crippen LogP contribution in [0.3, 0.4) is 0 Å². The summed E-state index contributed by atoms with van der Waals surface area (Å²) in [4.78, 5) is 19.8. The first-order valence-electron chi connectivity index (χ1n) is 8.06. The number of nitrogens with zero attached hydrogens (tertiary/aromatic N) is 1. The van der Waals surface area contributed by atoms with Crippen LogP contribution in [0.25, 0.3) is 0 Å². The lowest BCUT2D eigenvalue weighted by atomic mass is 10.0. The second-order valence-corrected chi connectivity index (χ2v) is 6.14. The molecule has 0 radical (unpaired) electrons. The Kier molecular flexibility index (Phi) is 6.71. The van der Waals surface area contributed by atoms with Crippen molar-refractivity contribution in [2.24, 2.45) is 0 Å². The van der Waals surface area contributed by atoms with E-state index in [0.29, 0.717) is 18.2 Å². The average molecular weight is 332 g/mol. The standard InChI is InChI=1S/C18H24N2O2S/c1-4-6-11-22-16-10-8-7-9-13(16)12-14-15(5-2)19-18(23-3)20-17(14)21/h7-10H,4-6,11-12H2,1-3H3,(H,19,20,21). The molecule has 0 unspecified atom stereocenters. The molecule has 23 heavy (non-hydrogen) atoms. The van der Waals surface area contributed by atoms with Gasteiger partial charge in [-0.05, 0) is 30.7 Å². The Morgan fingerprint density at radius 3 is 2.74 bits per heavy atom. The predicted octanol–water partition coefficient (Wildman–Crippen LogP) is 3.82. The van der Waals surface area contributed by atoms with Gasteiger partial charge in [-0.1, -0.05) is 50.2 Å². The van der Waals surface area contributed by atoms with Crippen molar-refractivity contribution in [1.29, 1.82) is 0 Å². The third-order valence-corrected chi connectivity index (χ3v) is 4.28. The van der Waals surface area contributed by atoms with Gasteiger partial charge in [0.2, 0.25) is 0 Å². The number of hydrogen-bond acceptors (Lipinski definition) is 4. The summed E-state index contributed by atoms with van der Waals surface area (Å²) < 4.78 is 5.87. The number of aromatic amines is 1. The number of thioether (sulfide) groups is 1. The molecule has 2 rings (SSSR count). The Morgan fingerprint density at radius 2 is 2.04 bits per heavy atom. The molecule has 0 bridgehead atoms. The zero-order valence-electron chi connectivity index (χ0n) is 14.0. The second-order valence-electron chi connectivity index (χ2n) is 5.34. The molecule has 0 saturated heterocycles. The molecule has 0 saturated carbocycles. The lowest BCUT2D eigenvalue weighted by Crippen LogP contribution is -2.19. The highest BCUT2D eigenvalue weighted by atomic mass is 32.2. The lowest BCUT2D eigenvalue weighted by molar-refractivity contribution is 0.306. The quantitative estimate of drug-likeness (QED) is 0.453. The normalized spacial score (nSPS) is 10.7. The molecule has 0 aliphatic rings. The largest absolute Gasteiger partial charge is 0.493 e. The minimum Gasteiger partial charge on any atom is -0.493 e. The van der Waals surface area contributed by atoms with Crippen molar-refractivity contribution < 1.29 is 4.74 Å². The molecule has 4 nitrogen and oxygen atoms in total. The molecular formula is C18H24N2O2S. The van der Waals surface area contributed by atoms with Crippen LogP contribution in [0.2, 0.25) is 0 Å². The summed E-state index contributed by atoms with van der Waals surface area (Å²) in [7, 11) is 0. The molecule has 1 heterocycles. The van der Waals surface area contributed by atoms with Crippen LogP contribution in [-0.2, 0) is 12.8 Å². The molecule has 0 amide bonds. The first-order chi connectivity index (χ1) is 11.2. The predicted molar refractivity (Wildman–Crippen MR) is 95.7 cm³/mol. The summed E-state index contributed by atoms with van der Waals surface area (Å²) in [5.74, 6) is 0.858. The number of benzene rings is 1. The monoisotopic (exact) mass is 332 g/mol. The van der Waals surface area contributed by atoms with E-state index in [1.807, 2.05) is 37.4 Å². The summed E-state index contributed by atoms with van der Waals surface area (Å²) in [6, 6.07) is 7.92. The number of ether oxygens (including phenoxy) is 1. The fraction of sp³-hybridized carbons (Fsp3) is 0.444. The molecule has 0 fully saturated rings. The molecule has 0 aliphatic heterocycles. The van der Waals surface area contributed by atoms with Crippen molar-refractivity contribution >= 4 is 11.8 Å². The van der Waals surface area contributed by atoms with Gasteiger partial charge in [-0.15, -0.1) is 0 Å². The number of rotatable bonds is 8. The minimum absolute atomic E-state index is 0.0513. The Balaban J connectivity index is 2.30. The molecule has 1 aromatic carbocycles. The summed E-state index contributed by atoms with van der Waals surface area (Å²) in [6.45, 7) is 4.87. The van der Waals surface area contributed by atoms with Gasteiger partial charge in [0, 0.05) is 12.0 Å². The Hall–Kier alpha value is -1.75. The molecule has 1 aromatic heterocycles. The van der Waals surface area contributed by atoms with E-state index in [0.717, 1.165) is 41.8 Å². The number of para-hydroxylation sites is 1. The van der Waals surface area contributed by atoms with Crippen LogP contribution in [0, 0.1) is 0 Å². The van der Waals surface area contributed by atoms with Gasteiger partial charge < -0.3 is 9.72 Å². The first-order valence-corrected chi connectivity index (χ1v) is 9.28. The second kappa shape index (κ2) is 8.77. The van der Waals surface area contributed by atoms with Gasteiger partial charge in [0.05, 0.1) is 12.3 Å². The fourth-order valence-electron chi connectivity index (χ4n) is 2.40. The van der Waals surface area contributed by atoms with E-state index in [2.05, 4.69) is 16.9 Å². The average Bonchev–Trinajstić information content (AvgIpc) is 2.58. The van der Waals surface area contributed by atoms with Crippen LogP contribution in [0.15, 0.2) is 34.2 Å². The highest BCUT2D eigenvalue weighted by Gasteiger charge is 2.13. The Morgan fingerprint density at radius 1 is 1.26 bits per heavy atom. The van der Waals surface area contributed by atoms with E-state index >= 15 is 0 Å². The number of hydrogen-bond donors (Lipinski definition) is 1. The molecule has 5 heteroatoms. The maximum Gasteiger partial charge on any atom is 0.255 e. The zero-order chi connectivity index (χ0) is 16.7. The number of H-pyrrole nitrogens is 1. The molecule has 124 valence electrons. The number of unbranched alkanes of at least 4 members (excludes halogenated alkanes) is 1. The van der Waals surface area contributed by atoms with E-state index in [1.54, 1.807) is 0 Å². The van der Waals surface area contributed by atoms with Crippen LogP contribution in [-0.4, -0.2) is 22.8 Å². The lowest BCUT2D eigenvalue weighted by Gasteiger charge is -2.13. The highest BCUT2D eigenvalue weighted by Crippen LogP contribution is 2.22. The van der Waals surface area contributed by atoms with Gasteiger partial charge in [-0.3, -0.25) is 4.79 Å². The van der Waals surface area contributed by atoms with Gasteiger partial charge >= 0.3 is 0 Å². The van der Waals surface area contributed by atoms with Gasteiger partial charge in [-0.2, -0.15) is 0 Å². The third-order valence-electron chi connectivity index (χ3n) is 3.70. The SMILES string of the molecule is CCCCOc1ccccc1Cc1c(CC)nc(SC)[nH]c1=O. The highest BCUT2D eigenvalue weighted by molar-refractivity contribution is 7.98. The number of aryl methyl sites for hydroxylation is 1. The van der Waals surface area contributed by atoms with Gasteiger partial charge in [0.25, 0.3) is 5.56 Å². The summed E-state index contributed by atoms with van der Waals surface area (Å²) in [5, 5.41) is 0.670. The molecule has 1 N–H and O–H groups in total. The maximum atomic E-state index is 12.4. The number of nitrogens with one attached hydrogen (secondary N) is 1. The van der Waals surface area contributed by atoms with E-state index in [9.17, 15) is 4.79 Å². The number of aromatic nitrogens is 2. The van der Waals surface area contributed by atoms with Crippen molar-refractivity contribution in [3.63, 3.8) is 0 Å². The topological polar surface area (TPSA) is 55.0 Å². The molecular weight excluding hydrogens is 308 g/mol. The third kappa shape index (κ3) is 4.61. The zero-order valence-corrected chi connectivity index (χ0v) is 14.8. The van der Waals surface area contributed by atoms with E-state index in [1.165, 1.54) is 11.8 Å². The Bertz CT molecular complexity index is 698. The molecule has 2 aromatic rings. The van der Waals surface area contributed by atoms with Crippen molar-refractivity contribution in [2.75, 3.05) is 12.9 Å². The van der Waals surface area contributed by atoms with E-state index in [4.69, 9.17) is 4.74 Å². The smallest absolute Gasteiger partial charge is 0.255 e. The van der Waals surface area contributed by atoms with E-state index in [-0.39, 0.29) is 5.56 Å². The van der Waals surface area contributed by atoms with Crippen LogP contribution >= 0.6 is 11.8 Å². The van der Waals surface area contributed by atoms with Crippen LogP contribution < -0.4 is 10.3 Å². The molecule has 0 aliphatic carbocycles. The maximum absolute atomic E-state index is 12.4. The van der Waals surface area contributed by atoms with Crippen LogP contribution in [0.5, 0.6) is 5.75 Å². The van der Waals surface area contributed by atoms with Crippen LogP contribution in [0.1, 0.15) is 43.5 Å². The summed E-state index contributed by atoms with van der Waals surface area (Å²) in [5.41, 5.74) is 2.57. The van der Waals surface area contributed by atoms with Crippen molar-refractivity contribution in [3.8, 4) is 5.75 Å². The van der Waals surface area contributed by atoms with Crippen molar-refractivity contribution in [3.05, 3.63) is 51.4 Å². The molecule has 0 spiro atoms. The van der Waals surface area contributed by atoms with Gasteiger partial charge in [0.15, 0.2) is 5.16 Å². The van der Waals surface area contributed by atoms with Crippen molar-refractivity contribution in [2.45, 2.75) is 44.7 Å². The summed E-state index contributed by atoms with van der Waals surface area (Å²) >= 11 is 1.45. The first kappa shape index (κ1) is 17.6. The van der Waals surface area contributed by atoms with Gasteiger partial charge in [-0.25, -0.2) is 4.98 Å². The van der Waals surface area contributed by atoms with Crippen LogP contribution in [0.4, 0.5) is 0 Å². The Labute approximate surface area is 141 Å². The fourth-order valence-corrected chi connectivity index (χ4v) is 2.80.